The van der Waals surface area contributed by atoms with Crippen LogP contribution in [0.3, 0.4) is 0 Å². The van der Waals surface area contributed by atoms with Gasteiger partial charge in [0, 0.05) is 18.8 Å². The average Bonchev–Trinajstić information content (AvgIpc) is 2.14. The van der Waals surface area contributed by atoms with Gasteiger partial charge in [0.05, 0.1) is 25.4 Å². The van der Waals surface area contributed by atoms with E-state index in [0.29, 0.717) is 19.8 Å². The van der Waals surface area contributed by atoms with Crippen LogP contribution in [0.25, 0.3) is 0 Å². The lowest BCUT2D eigenvalue weighted by molar-refractivity contribution is -0.0698. The highest BCUT2D eigenvalue weighted by Gasteiger charge is 2.22. The van der Waals surface area contributed by atoms with Crippen molar-refractivity contribution in [3.63, 3.8) is 0 Å². The van der Waals surface area contributed by atoms with Gasteiger partial charge in [-0.05, 0) is 25.9 Å². The molecule has 0 bridgehead atoms. The second-order valence-electron chi connectivity index (χ2n) is 5.05. The van der Waals surface area contributed by atoms with E-state index in [1.807, 2.05) is 20.1 Å². The molecule has 0 unspecified atom stereocenters. The lowest BCUT2D eigenvalue weighted by atomic mass is 9.96. The van der Waals surface area contributed by atoms with E-state index >= 15 is 0 Å². The average molecular weight is 236 g/mol. The van der Waals surface area contributed by atoms with Crippen LogP contribution in [-0.2, 0) is 13.7 Å². The van der Waals surface area contributed by atoms with Crippen LogP contribution in [0.5, 0.6) is 0 Å². The molecular weight excluding hydrogens is 212 g/mol. The summed E-state index contributed by atoms with van der Waals surface area (Å²) in [6, 6.07) is 0. The monoisotopic (exact) mass is 236 g/mol. The topological polar surface area (TPSA) is 27.7 Å². The van der Waals surface area contributed by atoms with Gasteiger partial charge in [-0.25, -0.2) is 0 Å². The molecule has 0 aliphatic heterocycles. The molecule has 3 nitrogen and oxygen atoms in total. The first kappa shape index (κ1) is 15.2. The fourth-order valence-electron chi connectivity index (χ4n) is 0.892. The van der Waals surface area contributed by atoms with E-state index in [0.717, 1.165) is 0 Å². The molecule has 0 aliphatic rings. The van der Waals surface area contributed by atoms with Crippen LogP contribution in [0.1, 0.15) is 27.7 Å². The van der Waals surface area contributed by atoms with Crippen molar-refractivity contribution in [1.82, 2.24) is 0 Å². The minimum absolute atomic E-state index is 0.0484. The van der Waals surface area contributed by atoms with Crippen molar-refractivity contribution in [2.24, 2.45) is 5.41 Å². The molecule has 0 aromatic heterocycles. The zero-order chi connectivity index (χ0) is 11.9. The van der Waals surface area contributed by atoms with Gasteiger partial charge in [-0.3, -0.25) is 0 Å². The molecule has 4 heteroatoms. The summed E-state index contributed by atoms with van der Waals surface area (Å²) in [6.07, 6.45) is 1.92. The molecular formula is C11H24O3S. The summed E-state index contributed by atoms with van der Waals surface area (Å²) in [7, 11) is 1.70. The Morgan fingerprint density at radius 3 is 2.07 bits per heavy atom. The molecule has 0 saturated heterocycles. The van der Waals surface area contributed by atoms with E-state index < -0.39 is 0 Å². The minimum Gasteiger partial charge on any atom is -0.378 e. The van der Waals surface area contributed by atoms with Gasteiger partial charge in [0.15, 0.2) is 0 Å². The Kier molecular flexibility index (Phi) is 6.84. The van der Waals surface area contributed by atoms with Crippen LogP contribution >= 0.6 is 12.0 Å². The Labute approximate surface area is 98.1 Å². The van der Waals surface area contributed by atoms with Crippen molar-refractivity contribution in [2.75, 3.05) is 33.2 Å². The maximum Gasteiger partial charge on any atom is 0.0855 e. The molecule has 0 N–H and O–H groups in total. The molecule has 0 fully saturated rings. The second kappa shape index (κ2) is 6.74. The van der Waals surface area contributed by atoms with Gasteiger partial charge in [0.2, 0.25) is 0 Å². The lowest BCUT2D eigenvalue weighted by Crippen LogP contribution is -2.33. The maximum atomic E-state index is 5.64. The molecule has 0 radical (unpaired) electrons. The fourth-order valence-corrected chi connectivity index (χ4v) is 1.33. The third kappa shape index (κ3) is 8.08. The smallest absolute Gasteiger partial charge is 0.0855 e. The Bertz CT molecular complexity index is 169. The highest BCUT2D eigenvalue weighted by Crippen LogP contribution is 2.19. The summed E-state index contributed by atoms with van der Waals surface area (Å²) in [5, 5.41) is 0. The van der Waals surface area contributed by atoms with Gasteiger partial charge >= 0.3 is 0 Å². The summed E-state index contributed by atoms with van der Waals surface area (Å²) in [5.41, 5.74) is -0.163. The third-order valence-electron chi connectivity index (χ3n) is 2.06. The molecule has 92 valence electrons. The zero-order valence-corrected chi connectivity index (χ0v) is 11.6. The Morgan fingerprint density at radius 2 is 1.60 bits per heavy atom. The first-order valence-electron chi connectivity index (χ1n) is 5.11. The summed E-state index contributed by atoms with van der Waals surface area (Å²) in [6.45, 7) is 10.3. The molecule has 0 spiro atoms. The van der Waals surface area contributed by atoms with E-state index in [9.17, 15) is 0 Å². The third-order valence-corrected chi connectivity index (χ3v) is 2.42. The number of hydrogen-bond acceptors (Lipinski definition) is 4. The van der Waals surface area contributed by atoms with E-state index in [2.05, 4.69) is 13.8 Å². The van der Waals surface area contributed by atoms with Crippen LogP contribution in [0.15, 0.2) is 0 Å². The maximum absolute atomic E-state index is 5.64. The van der Waals surface area contributed by atoms with Gasteiger partial charge in [0.1, 0.15) is 0 Å². The van der Waals surface area contributed by atoms with E-state index in [4.69, 9.17) is 13.7 Å². The molecule has 0 saturated carbocycles. The highest BCUT2D eigenvalue weighted by molar-refractivity contribution is 7.93. The van der Waals surface area contributed by atoms with Crippen LogP contribution in [0.2, 0.25) is 0 Å². The number of methoxy groups -OCH3 is 1. The first-order valence-corrected chi connectivity index (χ1v) is 6.26. The molecule has 0 atom stereocenters. The molecule has 0 aromatic rings. The van der Waals surface area contributed by atoms with Crippen molar-refractivity contribution in [3.05, 3.63) is 0 Å². The van der Waals surface area contributed by atoms with Gasteiger partial charge in [-0.15, -0.1) is 0 Å². The Balaban J connectivity index is 3.74. The minimum atomic E-state index is -0.212. The van der Waals surface area contributed by atoms with Crippen LogP contribution in [-0.4, -0.2) is 38.8 Å². The van der Waals surface area contributed by atoms with E-state index in [1.165, 1.54) is 12.0 Å². The summed E-state index contributed by atoms with van der Waals surface area (Å²) in [4.78, 5) is 0. The molecule has 0 heterocycles. The standard InChI is InChI=1S/C11H24O3S/c1-10(2,8-14-15-6)7-13-9-11(3,4)12-5/h7-9H2,1-6H3. The van der Waals surface area contributed by atoms with Gasteiger partial charge in [-0.1, -0.05) is 13.8 Å². The van der Waals surface area contributed by atoms with Crippen LogP contribution < -0.4 is 0 Å². The Hall–Kier alpha value is 0.230. The first-order chi connectivity index (χ1) is 6.83. The van der Waals surface area contributed by atoms with Gasteiger partial charge < -0.3 is 13.7 Å². The highest BCUT2D eigenvalue weighted by atomic mass is 32.2. The van der Waals surface area contributed by atoms with Crippen molar-refractivity contribution >= 4 is 12.0 Å². The molecule has 15 heavy (non-hydrogen) atoms. The van der Waals surface area contributed by atoms with Crippen LogP contribution in [0, 0.1) is 5.41 Å². The summed E-state index contributed by atoms with van der Waals surface area (Å²) in [5.74, 6) is 0. The molecule has 0 aliphatic carbocycles. The fraction of sp³-hybridized carbons (Fsp3) is 1.00. The van der Waals surface area contributed by atoms with Crippen molar-refractivity contribution < 1.29 is 13.7 Å². The molecule has 0 aromatic carbocycles. The van der Waals surface area contributed by atoms with E-state index in [-0.39, 0.29) is 11.0 Å². The van der Waals surface area contributed by atoms with Crippen molar-refractivity contribution in [1.29, 1.82) is 0 Å². The SMILES string of the molecule is COC(C)(C)COCC(C)(C)COSC. The number of rotatable bonds is 8. The van der Waals surface area contributed by atoms with E-state index in [1.54, 1.807) is 7.11 Å². The molecule has 0 amide bonds. The number of hydrogen-bond donors (Lipinski definition) is 0. The zero-order valence-electron chi connectivity index (χ0n) is 10.8. The van der Waals surface area contributed by atoms with Crippen molar-refractivity contribution in [2.45, 2.75) is 33.3 Å². The van der Waals surface area contributed by atoms with Gasteiger partial charge in [-0.2, -0.15) is 0 Å². The van der Waals surface area contributed by atoms with Gasteiger partial charge in [0.25, 0.3) is 0 Å². The predicted octanol–water partition coefficient (Wildman–Crippen LogP) is 2.75. The van der Waals surface area contributed by atoms with Crippen LogP contribution in [0.4, 0.5) is 0 Å². The number of ether oxygens (including phenoxy) is 2. The summed E-state index contributed by atoms with van der Waals surface area (Å²) < 4.78 is 16.2. The second-order valence-corrected chi connectivity index (χ2v) is 5.62. The normalized spacial score (nSPS) is 13.2. The Morgan fingerprint density at radius 1 is 1.00 bits per heavy atom. The lowest BCUT2D eigenvalue weighted by Gasteiger charge is -2.27. The predicted molar refractivity (Wildman–Crippen MR) is 65.2 cm³/mol. The summed E-state index contributed by atoms with van der Waals surface area (Å²) >= 11 is 1.39. The molecule has 0 rings (SSSR count). The quantitative estimate of drug-likeness (QED) is 0.606. The van der Waals surface area contributed by atoms with Crippen molar-refractivity contribution in [3.8, 4) is 0 Å². The largest absolute Gasteiger partial charge is 0.378 e.